The van der Waals surface area contributed by atoms with Crippen LogP contribution in [-0.2, 0) is 11.8 Å². The number of aryl methyl sites for hydroxylation is 3. The third-order valence-corrected chi connectivity index (χ3v) is 3.62. The molecule has 0 saturated heterocycles. The van der Waals surface area contributed by atoms with Crippen molar-refractivity contribution in [1.82, 2.24) is 4.57 Å². The first kappa shape index (κ1) is 18.7. The third-order valence-electron chi connectivity index (χ3n) is 3.62. The Morgan fingerprint density at radius 3 is 2.17 bits per heavy atom. The van der Waals surface area contributed by atoms with Crippen molar-refractivity contribution in [3.63, 3.8) is 0 Å². The smallest absolute Gasteiger partial charge is 0.303 e. The number of nitrogens with zero attached hydrogens (tertiary/aromatic N) is 1. The van der Waals surface area contributed by atoms with Crippen LogP contribution in [0.1, 0.15) is 53.4 Å². The standard InChI is InChI=1S/C14H15NO.C5H10O2/c1-10-6-4-5-7-12(10)14(16)13-11(2)8-9-15(13)3;1-2-3-4-5(6)7/h4-9H,1-3H3;2-4H2,1H3,(H,6,7). The molecule has 0 aliphatic carbocycles. The van der Waals surface area contributed by atoms with Crippen molar-refractivity contribution >= 4 is 11.8 Å². The maximum absolute atomic E-state index is 12.3. The van der Waals surface area contributed by atoms with Crippen LogP contribution < -0.4 is 0 Å². The minimum atomic E-state index is -0.693. The molecule has 4 heteroatoms. The number of ketones is 1. The highest BCUT2D eigenvalue weighted by Gasteiger charge is 2.16. The normalized spacial score (nSPS) is 9.91. The number of benzene rings is 1. The lowest BCUT2D eigenvalue weighted by Crippen LogP contribution is -2.09. The topological polar surface area (TPSA) is 59.3 Å². The number of aliphatic carboxylic acids is 1. The lowest BCUT2D eigenvalue weighted by atomic mass is 10.0. The first-order valence-electron chi connectivity index (χ1n) is 7.82. The van der Waals surface area contributed by atoms with E-state index in [0.717, 1.165) is 35.2 Å². The SMILES string of the molecule is CCCCC(=O)O.Cc1ccccc1C(=O)c1c(C)ccn1C. The molecule has 0 unspecified atom stereocenters. The van der Waals surface area contributed by atoms with Crippen LogP contribution in [0.5, 0.6) is 0 Å². The molecule has 0 saturated carbocycles. The zero-order chi connectivity index (χ0) is 17.4. The Morgan fingerprint density at radius 2 is 1.74 bits per heavy atom. The molecule has 0 amide bonds. The van der Waals surface area contributed by atoms with Crippen LogP contribution in [-0.4, -0.2) is 21.4 Å². The van der Waals surface area contributed by atoms with Gasteiger partial charge in [-0.1, -0.05) is 37.6 Å². The van der Waals surface area contributed by atoms with Crippen molar-refractivity contribution in [1.29, 1.82) is 0 Å². The molecule has 0 bridgehead atoms. The summed E-state index contributed by atoms with van der Waals surface area (Å²) in [6.45, 7) is 5.90. The van der Waals surface area contributed by atoms with E-state index in [1.165, 1.54) is 0 Å². The lowest BCUT2D eigenvalue weighted by Gasteiger charge is -2.07. The Bertz CT molecular complexity index is 652. The molecule has 0 atom stereocenters. The lowest BCUT2D eigenvalue weighted by molar-refractivity contribution is -0.137. The van der Waals surface area contributed by atoms with Crippen LogP contribution in [0.15, 0.2) is 36.5 Å². The average molecular weight is 315 g/mol. The number of hydrogen-bond donors (Lipinski definition) is 1. The van der Waals surface area contributed by atoms with Crippen molar-refractivity contribution < 1.29 is 14.7 Å². The fourth-order valence-electron chi connectivity index (χ4n) is 2.28. The molecule has 23 heavy (non-hydrogen) atoms. The zero-order valence-corrected chi connectivity index (χ0v) is 14.3. The van der Waals surface area contributed by atoms with Crippen molar-refractivity contribution in [3.8, 4) is 0 Å². The summed E-state index contributed by atoms with van der Waals surface area (Å²) in [5, 5.41) is 8.04. The molecule has 4 nitrogen and oxygen atoms in total. The van der Waals surface area contributed by atoms with E-state index in [0.29, 0.717) is 6.42 Å². The number of unbranched alkanes of at least 4 members (excludes halogenated alkanes) is 1. The number of aromatic nitrogens is 1. The van der Waals surface area contributed by atoms with Crippen LogP contribution in [0.25, 0.3) is 0 Å². The van der Waals surface area contributed by atoms with Crippen LogP contribution in [0.2, 0.25) is 0 Å². The van der Waals surface area contributed by atoms with Gasteiger partial charge in [-0.05, 0) is 37.5 Å². The molecule has 124 valence electrons. The van der Waals surface area contributed by atoms with Gasteiger partial charge in [-0.15, -0.1) is 0 Å². The molecular weight excluding hydrogens is 290 g/mol. The molecule has 1 aromatic carbocycles. The van der Waals surface area contributed by atoms with Gasteiger partial charge >= 0.3 is 5.97 Å². The summed E-state index contributed by atoms with van der Waals surface area (Å²) in [6, 6.07) is 9.66. The Morgan fingerprint density at radius 1 is 1.09 bits per heavy atom. The number of carbonyl (C=O) groups excluding carboxylic acids is 1. The maximum Gasteiger partial charge on any atom is 0.303 e. The number of carboxylic acids is 1. The largest absolute Gasteiger partial charge is 0.481 e. The molecule has 0 aliphatic rings. The van der Waals surface area contributed by atoms with Crippen LogP contribution >= 0.6 is 0 Å². The number of hydrogen-bond acceptors (Lipinski definition) is 2. The average Bonchev–Trinajstić information content (AvgIpc) is 2.84. The van der Waals surface area contributed by atoms with E-state index in [-0.39, 0.29) is 5.78 Å². The van der Waals surface area contributed by atoms with Crippen LogP contribution in [0, 0.1) is 13.8 Å². The third kappa shape index (κ3) is 5.40. The van der Waals surface area contributed by atoms with Crippen molar-refractivity contribution in [2.24, 2.45) is 7.05 Å². The molecular formula is C19H25NO3. The minimum absolute atomic E-state index is 0.100. The minimum Gasteiger partial charge on any atom is -0.481 e. The molecule has 0 fully saturated rings. The van der Waals surface area contributed by atoms with Gasteiger partial charge in [-0.2, -0.15) is 0 Å². The number of carboxylic acid groups (broad SMARTS) is 1. The van der Waals surface area contributed by atoms with E-state index in [2.05, 4.69) is 0 Å². The van der Waals surface area contributed by atoms with Gasteiger partial charge in [0.1, 0.15) is 0 Å². The molecule has 1 heterocycles. The second-order valence-electron chi connectivity index (χ2n) is 5.60. The van der Waals surface area contributed by atoms with Gasteiger partial charge < -0.3 is 9.67 Å². The summed E-state index contributed by atoms with van der Waals surface area (Å²) in [5.74, 6) is -0.593. The van der Waals surface area contributed by atoms with E-state index in [4.69, 9.17) is 5.11 Å². The summed E-state index contributed by atoms with van der Waals surface area (Å²) in [7, 11) is 1.90. The quantitative estimate of drug-likeness (QED) is 0.844. The predicted molar refractivity (Wildman–Crippen MR) is 91.9 cm³/mol. The zero-order valence-electron chi connectivity index (χ0n) is 14.3. The summed E-state index contributed by atoms with van der Waals surface area (Å²) in [5.41, 5.74) is 3.60. The number of carbonyl (C=O) groups is 2. The molecule has 0 aliphatic heterocycles. The Balaban J connectivity index is 0.000000322. The monoisotopic (exact) mass is 315 g/mol. The fraction of sp³-hybridized carbons (Fsp3) is 0.368. The highest BCUT2D eigenvalue weighted by Crippen LogP contribution is 2.17. The first-order valence-corrected chi connectivity index (χ1v) is 7.82. The molecule has 2 aromatic rings. The van der Waals surface area contributed by atoms with Gasteiger partial charge in [-0.3, -0.25) is 9.59 Å². The van der Waals surface area contributed by atoms with Crippen LogP contribution in [0.3, 0.4) is 0 Å². The maximum atomic E-state index is 12.3. The van der Waals surface area contributed by atoms with Crippen molar-refractivity contribution in [2.45, 2.75) is 40.0 Å². The highest BCUT2D eigenvalue weighted by atomic mass is 16.4. The highest BCUT2D eigenvalue weighted by molar-refractivity contribution is 6.09. The number of rotatable bonds is 5. The summed E-state index contributed by atoms with van der Waals surface area (Å²) < 4.78 is 1.88. The predicted octanol–water partition coefficient (Wildman–Crippen LogP) is 4.13. The van der Waals surface area contributed by atoms with Gasteiger partial charge in [0.2, 0.25) is 5.78 Å². The summed E-state index contributed by atoms with van der Waals surface area (Å²) >= 11 is 0. The van der Waals surface area contributed by atoms with Crippen LogP contribution in [0.4, 0.5) is 0 Å². The fourth-order valence-corrected chi connectivity index (χ4v) is 2.28. The van der Waals surface area contributed by atoms with E-state index in [1.807, 2.05) is 68.9 Å². The van der Waals surface area contributed by atoms with Gasteiger partial charge in [0.25, 0.3) is 0 Å². The Labute approximate surface area is 137 Å². The van der Waals surface area contributed by atoms with E-state index in [1.54, 1.807) is 0 Å². The molecule has 1 aromatic heterocycles. The Kier molecular flexibility index (Phi) is 7.26. The molecule has 2 rings (SSSR count). The second-order valence-corrected chi connectivity index (χ2v) is 5.60. The Hall–Kier alpha value is -2.36. The van der Waals surface area contributed by atoms with E-state index < -0.39 is 5.97 Å². The van der Waals surface area contributed by atoms with E-state index >= 15 is 0 Å². The second kappa shape index (κ2) is 8.93. The molecule has 0 radical (unpaired) electrons. The molecule has 0 spiro atoms. The summed E-state index contributed by atoms with van der Waals surface area (Å²) in [4.78, 5) is 22.1. The van der Waals surface area contributed by atoms with Gasteiger partial charge in [0.05, 0.1) is 5.69 Å². The first-order chi connectivity index (χ1) is 10.9. The van der Waals surface area contributed by atoms with Gasteiger partial charge in [0.15, 0.2) is 0 Å². The van der Waals surface area contributed by atoms with Crippen molar-refractivity contribution in [2.75, 3.05) is 0 Å². The van der Waals surface area contributed by atoms with E-state index in [9.17, 15) is 9.59 Å². The van der Waals surface area contributed by atoms with Gasteiger partial charge in [0, 0.05) is 25.2 Å². The summed E-state index contributed by atoms with van der Waals surface area (Å²) in [6.07, 6.45) is 4.00. The van der Waals surface area contributed by atoms with Crippen molar-refractivity contribution in [3.05, 3.63) is 58.9 Å². The van der Waals surface area contributed by atoms with Gasteiger partial charge in [-0.25, -0.2) is 0 Å². The molecule has 1 N–H and O–H groups in total.